The van der Waals surface area contributed by atoms with Crippen molar-refractivity contribution in [3.63, 3.8) is 0 Å². The van der Waals surface area contributed by atoms with Crippen LogP contribution in [-0.2, 0) is 11.2 Å². The number of rotatable bonds is 5. The second kappa shape index (κ2) is 7.22. The van der Waals surface area contributed by atoms with E-state index in [-0.39, 0.29) is 11.5 Å². The van der Waals surface area contributed by atoms with Crippen molar-refractivity contribution in [2.75, 3.05) is 5.32 Å². The van der Waals surface area contributed by atoms with Gasteiger partial charge in [-0.2, -0.15) is 0 Å². The molecule has 1 aromatic carbocycles. The molecular formula is C15H18N4O2S. The van der Waals surface area contributed by atoms with Crippen molar-refractivity contribution in [1.29, 1.82) is 0 Å². The Balaban J connectivity index is 1.98. The maximum absolute atomic E-state index is 12.2. The van der Waals surface area contributed by atoms with Crippen LogP contribution in [0.3, 0.4) is 0 Å². The van der Waals surface area contributed by atoms with Gasteiger partial charge in [0.05, 0.1) is 5.25 Å². The molecule has 116 valence electrons. The molecule has 0 aliphatic carbocycles. The van der Waals surface area contributed by atoms with Gasteiger partial charge in [0.25, 0.3) is 5.56 Å². The quantitative estimate of drug-likeness (QED) is 0.825. The number of carbonyl (C=O) groups excluding carboxylic acids is 1. The summed E-state index contributed by atoms with van der Waals surface area (Å²) in [6, 6.07) is 7.72. The van der Waals surface area contributed by atoms with Crippen molar-refractivity contribution in [2.45, 2.75) is 37.6 Å². The second-order valence-corrected chi connectivity index (χ2v) is 6.17. The number of benzene rings is 1. The molecule has 2 rings (SSSR count). The van der Waals surface area contributed by atoms with Crippen LogP contribution in [0.2, 0.25) is 0 Å². The van der Waals surface area contributed by atoms with Crippen LogP contribution in [0, 0.1) is 6.92 Å². The lowest BCUT2D eigenvalue weighted by Crippen LogP contribution is -2.23. The highest BCUT2D eigenvalue weighted by atomic mass is 32.2. The number of nitrogens with one attached hydrogen (secondary N) is 2. The van der Waals surface area contributed by atoms with Crippen molar-refractivity contribution in [1.82, 2.24) is 15.2 Å². The topological polar surface area (TPSA) is 87.7 Å². The lowest BCUT2D eigenvalue weighted by molar-refractivity contribution is -0.115. The van der Waals surface area contributed by atoms with Crippen molar-refractivity contribution in [3.8, 4) is 0 Å². The largest absolute Gasteiger partial charge is 0.325 e. The van der Waals surface area contributed by atoms with E-state index in [9.17, 15) is 9.59 Å². The monoisotopic (exact) mass is 318 g/mol. The van der Waals surface area contributed by atoms with Gasteiger partial charge in [-0.1, -0.05) is 30.8 Å². The second-order valence-electron chi connectivity index (χ2n) is 4.84. The molecule has 0 fully saturated rings. The van der Waals surface area contributed by atoms with Gasteiger partial charge in [0, 0.05) is 5.69 Å². The molecular weight excluding hydrogens is 300 g/mol. The SMILES string of the molecule is CCc1ccc(NC(=O)C(C)Sc2nnc(C)c(=O)[nH]2)cc1. The predicted octanol–water partition coefficient (Wildman–Crippen LogP) is 2.16. The summed E-state index contributed by atoms with van der Waals surface area (Å²) in [5.41, 5.74) is 1.98. The Morgan fingerprint density at radius 1 is 1.32 bits per heavy atom. The van der Waals surface area contributed by atoms with E-state index >= 15 is 0 Å². The average molecular weight is 318 g/mol. The zero-order chi connectivity index (χ0) is 16.1. The smallest absolute Gasteiger partial charge is 0.273 e. The maximum atomic E-state index is 12.2. The highest BCUT2D eigenvalue weighted by molar-refractivity contribution is 8.00. The Labute approximate surface area is 132 Å². The van der Waals surface area contributed by atoms with Crippen LogP contribution < -0.4 is 10.9 Å². The van der Waals surface area contributed by atoms with Gasteiger partial charge in [0.1, 0.15) is 5.69 Å². The number of aromatic amines is 1. The summed E-state index contributed by atoms with van der Waals surface area (Å²) in [7, 11) is 0. The summed E-state index contributed by atoms with van der Waals surface area (Å²) in [5.74, 6) is -0.155. The number of anilines is 1. The molecule has 0 aliphatic heterocycles. The van der Waals surface area contributed by atoms with E-state index in [2.05, 4.69) is 27.4 Å². The minimum Gasteiger partial charge on any atom is -0.325 e. The predicted molar refractivity (Wildman–Crippen MR) is 87.2 cm³/mol. The Kier molecular flexibility index (Phi) is 5.32. The third-order valence-electron chi connectivity index (χ3n) is 3.13. The van der Waals surface area contributed by atoms with Gasteiger partial charge in [-0.3, -0.25) is 14.6 Å². The zero-order valence-electron chi connectivity index (χ0n) is 12.7. The minimum absolute atomic E-state index is 0.155. The van der Waals surface area contributed by atoms with Crippen molar-refractivity contribution in [3.05, 3.63) is 45.9 Å². The molecule has 0 saturated heterocycles. The Hall–Kier alpha value is -2.15. The first-order valence-corrected chi connectivity index (χ1v) is 7.87. The van der Waals surface area contributed by atoms with Gasteiger partial charge in [0.2, 0.25) is 5.91 Å². The molecule has 1 atom stereocenters. The van der Waals surface area contributed by atoms with E-state index in [0.29, 0.717) is 10.9 Å². The number of thioether (sulfide) groups is 1. The Bertz CT molecular complexity index is 712. The van der Waals surface area contributed by atoms with Crippen LogP contribution in [0.4, 0.5) is 5.69 Å². The first-order chi connectivity index (χ1) is 10.5. The van der Waals surface area contributed by atoms with Crippen molar-refractivity contribution >= 4 is 23.4 Å². The molecule has 1 amide bonds. The van der Waals surface area contributed by atoms with E-state index < -0.39 is 5.25 Å². The molecule has 7 heteroatoms. The fraction of sp³-hybridized carbons (Fsp3) is 0.333. The number of H-pyrrole nitrogens is 1. The number of amides is 1. The zero-order valence-corrected chi connectivity index (χ0v) is 13.5. The van der Waals surface area contributed by atoms with Gasteiger partial charge in [-0.15, -0.1) is 10.2 Å². The average Bonchev–Trinajstić information content (AvgIpc) is 2.51. The van der Waals surface area contributed by atoms with Gasteiger partial charge >= 0.3 is 0 Å². The number of hydrogen-bond donors (Lipinski definition) is 2. The van der Waals surface area contributed by atoms with Crippen molar-refractivity contribution < 1.29 is 4.79 Å². The number of aromatic nitrogens is 3. The van der Waals surface area contributed by atoms with Crippen LogP contribution in [0.1, 0.15) is 25.1 Å². The van der Waals surface area contributed by atoms with Crippen molar-refractivity contribution in [2.24, 2.45) is 0 Å². The first kappa shape index (κ1) is 16.2. The molecule has 0 aliphatic rings. The Morgan fingerprint density at radius 2 is 2.00 bits per heavy atom. The molecule has 0 bridgehead atoms. The van der Waals surface area contributed by atoms with Gasteiger partial charge in [0.15, 0.2) is 5.16 Å². The molecule has 0 saturated carbocycles. The van der Waals surface area contributed by atoms with E-state index in [1.807, 2.05) is 24.3 Å². The molecule has 0 radical (unpaired) electrons. The van der Waals surface area contributed by atoms with E-state index in [0.717, 1.165) is 23.9 Å². The fourth-order valence-electron chi connectivity index (χ4n) is 1.72. The van der Waals surface area contributed by atoms with Gasteiger partial charge in [-0.05, 0) is 38.0 Å². The summed E-state index contributed by atoms with van der Waals surface area (Å²) in [4.78, 5) is 26.2. The van der Waals surface area contributed by atoms with Crippen LogP contribution >= 0.6 is 11.8 Å². The van der Waals surface area contributed by atoms with Crippen LogP contribution in [-0.4, -0.2) is 26.3 Å². The molecule has 22 heavy (non-hydrogen) atoms. The molecule has 1 unspecified atom stereocenters. The van der Waals surface area contributed by atoms with Gasteiger partial charge < -0.3 is 5.32 Å². The first-order valence-electron chi connectivity index (χ1n) is 6.99. The summed E-state index contributed by atoms with van der Waals surface area (Å²) in [6.07, 6.45) is 0.958. The number of nitrogens with zero attached hydrogens (tertiary/aromatic N) is 2. The van der Waals surface area contributed by atoms with E-state index in [4.69, 9.17) is 0 Å². The molecule has 1 heterocycles. The molecule has 6 nitrogen and oxygen atoms in total. The summed E-state index contributed by atoms with van der Waals surface area (Å²) in [5, 5.41) is 10.4. The maximum Gasteiger partial charge on any atom is 0.273 e. The number of carbonyl (C=O) groups is 1. The summed E-state index contributed by atoms with van der Waals surface area (Å²) >= 11 is 1.16. The molecule has 2 N–H and O–H groups in total. The third-order valence-corrected chi connectivity index (χ3v) is 4.10. The third kappa shape index (κ3) is 4.17. The summed E-state index contributed by atoms with van der Waals surface area (Å²) < 4.78 is 0. The molecule has 1 aromatic heterocycles. The highest BCUT2D eigenvalue weighted by Gasteiger charge is 2.16. The number of aryl methyl sites for hydroxylation is 2. The van der Waals surface area contributed by atoms with Crippen LogP contribution in [0.15, 0.2) is 34.2 Å². The van der Waals surface area contributed by atoms with E-state index in [1.54, 1.807) is 13.8 Å². The highest BCUT2D eigenvalue weighted by Crippen LogP contribution is 2.19. The Morgan fingerprint density at radius 3 is 2.59 bits per heavy atom. The van der Waals surface area contributed by atoms with Gasteiger partial charge in [-0.25, -0.2) is 0 Å². The summed E-state index contributed by atoms with van der Waals surface area (Å²) in [6.45, 7) is 5.41. The van der Waals surface area contributed by atoms with Crippen LogP contribution in [0.25, 0.3) is 0 Å². The lowest BCUT2D eigenvalue weighted by Gasteiger charge is -2.11. The minimum atomic E-state index is -0.404. The van der Waals surface area contributed by atoms with E-state index in [1.165, 1.54) is 5.56 Å². The lowest BCUT2D eigenvalue weighted by atomic mass is 10.1. The molecule has 2 aromatic rings. The number of hydrogen-bond acceptors (Lipinski definition) is 5. The van der Waals surface area contributed by atoms with Crippen LogP contribution in [0.5, 0.6) is 0 Å². The molecule has 0 spiro atoms. The normalized spacial score (nSPS) is 12.0. The standard InChI is InChI=1S/C15H18N4O2S/c1-4-11-5-7-12(8-6-11)16-14(21)10(3)22-15-17-13(20)9(2)18-19-15/h5-8,10H,4H2,1-3H3,(H,16,21)(H,17,19,20). The fourth-order valence-corrected chi connectivity index (χ4v) is 2.46.